The summed E-state index contributed by atoms with van der Waals surface area (Å²) in [6.07, 6.45) is 0. The highest BCUT2D eigenvalue weighted by Crippen LogP contribution is 2.19. The second kappa shape index (κ2) is 4.63. The van der Waals surface area contributed by atoms with Gasteiger partial charge in [0, 0.05) is 10.4 Å². The van der Waals surface area contributed by atoms with Crippen LogP contribution in [0.2, 0.25) is 5.02 Å². The first-order valence-corrected chi connectivity index (χ1v) is 5.68. The molecule has 0 atom stereocenters. The first kappa shape index (κ1) is 11.1. The van der Waals surface area contributed by atoms with E-state index in [1.807, 2.05) is 0 Å². The Bertz CT molecular complexity index is 490. The Hall–Kier alpha value is -1.39. The summed E-state index contributed by atoms with van der Waals surface area (Å²) in [5.41, 5.74) is 0.0937. The van der Waals surface area contributed by atoms with E-state index in [4.69, 9.17) is 16.3 Å². The molecule has 0 aliphatic heterocycles. The third-order valence-electron chi connectivity index (χ3n) is 1.80. The Morgan fingerprint density at radius 1 is 1.38 bits per heavy atom. The summed E-state index contributed by atoms with van der Waals surface area (Å²) < 4.78 is 18.0. The van der Waals surface area contributed by atoms with Crippen LogP contribution in [0.4, 0.5) is 4.39 Å². The van der Waals surface area contributed by atoms with Crippen LogP contribution in [0.15, 0.2) is 35.0 Å². The van der Waals surface area contributed by atoms with E-state index >= 15 is 0 Å². The van der Waals surface area contributed by atoms with Gasteiger partial charge in [-0.1, -0.05) is 11.6 Å². The molecule has 2 nitrogen and oxygen atoms in total. The van der Waals surface area contributed by atoms with Crippen molar-refractivity contribution in [3.63, 3.8) is 0 Å². The normalized spacial score (nSPS) is 10.1. The number of hydrogen-bond acceptors (Lipinski definition) is 3. The molecule has 0 aliphatic rings. The maximum Gasteiger partial charge on any atom is 0.343 e. The summed E-state index contributed by atoms with van der Waals surface area (Å²) in [7, 11) is 0. The first-order valence-electron chi connectivity index (χ1n) is 4.35. The van der Waals surface area contributed by atoms with E-state index in [0.717, 1.165) is 12.1 Å². The van der Waals surface area contributed by atoms with Crippen LogP contribution in [0.5, 0.6) is 5.75 Å². The van der Waals surface area contributed by atoms with E-state index in [-0.39, 0.29) is 10.6 Å². The highest BCUT2D eigenvalue weighted by Gasteiger charge is 2.11. The van der Waals surface area contributed by atoms with Gasteiger partial charge in [0.05, 0.1) is 5.56 Å². The molecular formula is C11H6ClFO2S. The predicted octanol–water partition coefficient (Wildman–Crippen LogP) is 3.76. The number of ether oxygens (including phenoxy) is 1. The van der Waals surface area contributed by atoms with Crippen LogP contribution in [0.25, 0.3) is 0 Å². The van der Waals surface area contributed by atoms with Crippen LogP contribution < -0.4 is 4.74 Å². The monoisotopic (exact) mass is 256 g/mol. The van der Waals surface area contributed by atoms with Gasteiger partial charge in [-0.05, 0) is 29.6 Å². The molecule has 16 heavy (non-hydrogen) atoms. The molecule has 1 aromatic heterocycles. The summed E-state index contributed by atoms with van der Waals surface area (Å²) in [6, 6.07) is 5.23. The van der Waals surface area contributed by atoms with Crippen LogP contribution >= 0.6 is 22.9 Å². The quantitative estimate of drug-likeness (QED) is 0.765. The number of esters is 1. The van der Waals surface area contributed by atoms with E-state index < -0.39 is 11.8 Å². The minimum atomic E-state index is -0.625. The molecule has 1 aromatic carbocycles. The lowest BCUT2D eigenvalue weighted by Crippen LogP contribution is -2.08. The van der Waals surface area contributed by atoms with Crippen molar-refractivity contribution in [2.75, 3.05) is 0 Å². The highest BCUT2D eigenvalue weighted by atomic mass is 35.5. The molecule has 0 unspecified atom stereocenters. The predicted molar refractivity (Wildman–Crippen MR) is 60.7 cm³/mol. The number of halogens is 2. The number of hydrogen-bond donors (Lipinski definition) is 0. The molecule has 0 saturated carbocycles. The standard InChI is InChI=1S/C11H6ClFO2S/c12-8-3-7(4-9(13)5-8)11(14)15-10-1-2-16-6-10/h1-6H. The van der Waals surface area contributed by atoms with Crippen molar-refractivity contribution >= 4 is 28.9 Å². The molecule has 0 radical (unpaired) electrons. The Morgan fingerprint density at radius 3 is 2.81 bits per heavy atom. The number of carbonyl (C=O) groups excluding carboxylic acids is 1. The van der Waals surface area contributed by atoms with Crippen LogP contribution in [-0.2, 0) is 0 Å². The van der Waals surface area contributed by atoms with Gasteiger partial charge in [0.2, 0.25) is 0 Å². The Labute approximate surface area is 100 Å². The lowest BCUT2D eigenvalue weighted by molar-refractivity contribution is 0.0735. The molecule has 0 fully saturated rings. The lowest BCUT2D eigenvalue weighted by Gasteiger charge is -2.02. The van der Waals surface area contributed by atoms with Crippen molar-refractivity contribution in [1.82, 2.24) is 0 Å². The largest absolute Gasteiger partial charge is 0.422 e. The summed E-state index contributed by atoms with van der Waals surface area (Å²) in [5.74, 6) is -0.750. The number of benzene rings is 1. The van der Waals surface area contributed by atoms with Gasteiger partial charge in [-0.15, -0.1) is 11.3 Å². The zero-order valence-electron chi connectivity index (χ0n) is 7.94. The maximum absolute atomic E-state index is 13.0. The smallest absolute Gasteiger partial charge is 0.343 e. The second-order valence-corrected chi connectivity index (χ2v) is 4.22. The third kappa shape index (κ3) is 2.59. The van der Waals surface area contributed by atoms with Gasteiger partial charge < -0.3 is 4.74 Å². The maximum atomic E-state index is 13.0. The molecule has 2 aromatic rings. The van der Waals surface area contributed by atoms with Gasteiger partial charge in [0.25, 0.3) is 0 Å². The van der Waals surface area contributed by atoms with Crippen molar-refractivity contribution < 1.29 is 13.9 Å². The summed E-state index contributed by atoms with van der Waals surface area (Å²) >= 11 is 7.04. The fourth-order valence-corrected chi connectivity index (χ4v) is 1.92. The van der Waals surface area contributed by atoms with Gasteiger partial charge in [0.15, 0.2) is 0 Å². The van der Waals surface area contributed by atoms with Crippen LogP contribution in [0.1, 0.15) is 10.4 Å². The van der Waals surface area contributed by atoms with Crippen molar-refractivity contribution in [3.8, 4) is 5.75 Å². The van der Waals surface area contributed by atoms with E-state index in [0.29, 0.717) is 5.75 Å². The highest BCUT2D eigenvalue weighted by molar-refractivity contribution is 7.08. The first-order chi connectivity index (χ1) is 7.65. The fraction of sp³-hybridized carbons (Fsp3) is 0. The number of rotatable bonds is 2. The van der Waals surface area contributed by atoms with Crippen LogP contribution in [0, 0.1) is 5.82 Å². The molecule has 0 amide bonds. The van der Waals surface area contributed by atoms with E-state index in [2.05, 4.69) is 0 Å². The van der Waals surface area contributed by atoms with Gasteiger partial charge in [-0.2, -0.15) is 0 Å². The molecule has 0 saturated heterocycles. The van der Waals surface area contributed by atoms with Crippen molar-refractivity contribution in [2.24, 2.45) is 0 Å². The second-order valence-electron chi connectivity index (χ2n) is 3.01. The van der Waals surface area contributed by atoms with Gasteiger partial charge in [-0.25, -0.2) is 9.18 Å². The van der Waals surface area contributed by atoms with Gasteiger partial charge in [-0.3, -0.25) is 0 Å². The topological polar surface area (TPSA) is 26.3 Å². The molecule has 0 spiro atoms. The van der Waals surface area contributed by atoms with Crippen LogP contribution in [0.3, 0.4) is 0 Å². The third-order valence-corrected chi connectivity index (χ3v) is 2.68. The molecule has 1 heterocycles. The van der Waals surface area contributed by atoms with Gasteiger partial charge >= 0.3 is 5.97 Å². The zero-order valence-corrected chi connectivity index (χ0v) is 9.52. The summed E-state index contributed by atoms with van der Waals surface area (Å²) in [4.78, 5) is 11.6. The van der Waals surface area contributed by atoms with E-state index in [9.17, 15) is 9.18 Å². The summed E-state index contributed by atoms with van der Waals surface area (Å²) in [5, 5.41) is 3.62. The summed E-state index contributed by atoms with van der Waals surface area (Å²) in [6.45, 7) is 0. The average Bonchev–Trinajstić information content (AvgIpc) is 2.68. The van der Waals surface area contributed by atoms with Gasteiger partial charge in [0.1, 0.15) is 11.6 Å². The molecule has 5 heteroatoms. The SMILES string of the molecule is O=C(Oc1ccsc1)c1cc(F)cc(Cl)c1. The molecule has 0 N–H and O–H groups in total. The van der Waals surface area contributed by atoms with E-state index in [1.165, 1.54) is 17.4 Å². The van der Waals surface area contributed by atoms with Crippen LogP contribution in [-0.4, -0.2) is 5.97 Å². The number of thiophene rings is 1. The molecule has 82 valence electrons. The van der Waals surface area contributed by atoms with Crippen molar-refractivity contribution in [2.45, 2.75) is 0 Å². The minimum absolute atomic E-state index is 0.0937. The molecular weight excluding hydrogens is 251 g/mol. The molecule has 2 rings (SSSR count). The minimum Gasteiger partial charge on any atom is -0.422 e. The average molecular weight is 257 g/mol. The lowest BCUT2D eigenvalue weighted by atomic mass is 10.2. The van der Waals surface area contributed by atoms with Crippen molar-refractivity contribution in [1.29, 1.82) is 0 Å². The zero-order chi connectivity index (χ0) is 11.5. The Kier molecular flexibility index (Phi) is 3.22. The fourth-order valence-electron chi connectivity index (χ4n) is 1.15. The Balaban J connectivity index is 2.21. The van der Waals surface area contributed by atoms with Crippen molar-refractivity contribution in [3.05, 3.63) is 51.4 Å². The molecule has 0 bridgehead atoms. The Morgan fingerprint density at radius 2 is 2.19 bits per heavy atom. The number of carbonyl (C=O) groups is 1. The molecule has 0 aliphatic carbocycles. The van der Waals surface area contributed by atoms with E-state index in [1.54, 1.807) is 16.8 Å².